The predicted octanol–water partition coefficient (Wildman–Crippen LogP) is 0.523. The molecule has 0 unspecified atom stereocenters. The number of pyridine rings is 1. The van der Waals surface area contributed by atoms with Crippen LogP contribution in [0.1, 0.15) is 0 Å². The molecule has 1 N–H and O–H groups in total. The van der Waals surface area contributed by atoms with Crippen molar-refractivity contribution in [2.45, 2.75) is 0 Å². The number of aromatic nitrogens is 1. The summed E-state index contributed by atoms with van der Waals surface area (Å²) >= 11 is 0. The first-order valence-electron chi connectivity index (χ1n) is 2.67. The number of rotatable bonds is 1. The molecule has 1 heterocycles. The van der Waals surface area contributed by atoms with Crippen molar-refractivity contribution in [1.29, 1.82) is 0 Å². The topological polar surface area (TPSA) is 42.1 Å². The molecule has 0 spiro atoms. The van der Waals surface area contributed by atoms with E-state index in [0.29, 0.717) is 0 Å². The fraction of sp³-hybridized carbons (Fsp3) is 0.167. The van der Waals surface area contributed by atoms with E-state index in [4.69, 9.17) is 0 Å². The van der Waals surface area contributed by atoms with Gasteiger partial charge in [-0.15, -0.1) is 0 Å². The van der Waals surface area contributed by atoms with Gasteiger partial charge in [0.05, 0.1) is 7.11 Å². The smallest absolute Gasteiger partial charge is 0.286 e. The third-order valence-electron chi connectivity index (χ3n) is 1.05. The number of halogens is 1. The minimum Gasteiger partial charge on any atom is -0.482 e. The average Bonchev–Trinajstić information content (AvgIpc) is 1.95. The molecule has 1 aromatic heterocycles. The molecule has 0 amide bonds. The molecule has 10 heavy (non-hydrogen) atoms. The monoisotopic (exact) mass is 143 g/mol. The van der Waals surface area contributed by atoms with E-state index in [1.165, 1.54) is 13.2 Å². The molecule has 0 aromatic carbocycles. The lowest BCUT2D eigenvalue weighted by Gasteiger charge is -1.95. The molecule has 0 saturated heterocycles. The molecule has 1 aromatic rings. The fourth-order valence-corrected chi connectivity index (χ4v) is 0.557. The predicted molar refractivity (Wildman–Crippen MR) is 33.6 cm³/mol. The van der Waals surface area contributed by atoms with Crippen molar-refractivity contribution in [3.63, 3.8) is 0 Å². The maximum atomic E-state index is 12.2. The Bertz CT molecular complexity index is 281. The van der Waals surface area contributed by atoms with Crippen LogP contribution in [-0.4, -0.2) is 12.1 Å². The average molecular weight is 143 g/mol. The van der Waals surface area contributed by atoms with Gasteiger partial charge in [0.2, 0.25) is 0 Å². The Kier molecular flexibility index (Phi) is 1.71. The molecule has 54 valence electrons. The standard InChI is InChI=1S/C6H6FNO2/c1-10-5-3-2-4(7)6(9)8-5/h2-3H,1H3,(H,8,9). The van der Waals surface area contributed by atoms with Crippen molar-refractivity contribution < 1.29 is 9.13 Å². The summed E-state index contributed by atoms with van der Waals surface area (Å²) in [5.74, 6) is -0.549. The van der Waals surface area contributed by atoms with Crippen LogP contribution in [0, 0.1) is 5.82 Å². The van der Waals surface area contributed by atoms with Gasteiger partial charge < -0.3 is 4.74 Å². The summed E-state index contributed by atoms with van der Waals surface area (Å²) in [4.78, 5) is 12.7. The Morgan fingerprint density at radius 3 is 2.80 bits per heavy atom. The lowest BCUT2D eigenvalue weighted by molar-refractivity contribution is 0.394. The summed E-state index contributed by atoms with van der Waals surface area (Å²) in [6.07, 6.45) is 0. The van der Waals surface area contributed by atoms with Crippen molar-refractivity contribution in [1.82, 2.24) is 4.98 Å². The number of hydrogen-bond donors (Lipinski definition) is 1. The van der Waals surface area contributed by atoms with E-state index in [9.17, 15) is 9.18 Å². The summed E-state index contributed by atoms with van der Waals surface area (Å²) in [7, 11) is 1.39. The van der Waals surface area contributed by atoms with Gasteiger partial charge in [0.15, 0.2) is 11.7 Å². The van der Waals surface area contributed by atoms with Gasteiger partial charge in [-0.05, 0) is 6.07 Å². The van der Waals surface area contributed by atoms with E-state index in [1.54, 1.807) is 0 Å². The van der Waals surface area contributed by atoms with Crippen molar-refractivity contribution >= 4 is 0 Å². The van der Waals surface area contributed by atoms with E-state index in [0.717, 1.165) is 6.07 Å². The van der Waals surface area contributed by atoms with Crippen molar-refractivity contribution in [2.75, 3.05) is 7.11 Å². The molecule has 0 fully saturated rings. The van der Waals surface area contributed by atoms with Crippen LogP contribution >= 0.6 is 0 Å². The Labute approximate surface area is 56.5 Å². The summed E-state index contributed by atoms with van der Waals surface area (Å²) in [6.45, 7) is 0. The van der Waals surface area contributed by atoms with E-state index < -0.39 is 11.4 Å². The number of ether oxygens (including phenoxy) is 1. The second-order valence-electron chi connectivity index (χ2n) is 1.70. The Hall–Kier alpha value is -1.32. The zero-order valence-corrected chi connectivity index (χ0v) is 5.35. The van der Waals surface area contributed by atoms with Crippen molar-refractivity contribution in [3.8, 4) is 5.88 Å². The number of aromatic amines is 1. The zero-order valence-electron chi connectivity index (χ0n) is 5.35. The molecule has 0 atom stereocenters. The summed E-state index contributed by atoms with van der Waals surface area (Å²) < 4.78 is 16.9. The molecule has 0 aliphatic heterocycles. The highest BCUT2D eigenvalue weighted by Crippen LogP contribution is 2.00. The van der Waals surface area contributed by atoms with Crippen LogP contribution in [0.25, 0.3) is 0 Å². The van der Waals surface area contributed by atoms with Crippen LogP contribution < -0.4 is 10.3 Å². The van der Waals surface area contributed by atoms with Crippen LogP contribution in [0.3, 0.4) is 0 Å². The van der Waals surface area contributed by atoms with Gasteiger partial charge in [0, 0.05) is 6.07 Å². The first kappa shape index (κ1) is 6.80. The van der Waals surface area contributed by atoms with Crippen molar-refractivity contribution in [2.24, 2.45) is 0 Å². The first-order chi connectivity index (χ1) is 4.74. The van der Waals surface area contributed by atoms with Crippen LogP contribution in [0.2, 0.25) is 0 Å². The van der Waals surface area contributed by atoms with Gasteiger partial charge in [-0.2, -0.15) is 0 Å². The minimum absolute atomic E-state index is 0.256. The highest BCUT2D eigenvalue weighted by molar-refractivity contribution is 5.10. The van der Waals surface area contributed by atoms with Gasteiger partial charge in [-0.1, -0.05) is 0 Å². The molecular formula is C6H6FNO2. The summed E-state index contributed by atoms with van der Waals surface area (Å²) in [5, 5.41) is 0. The lowest BCUT2D eigenvalue weighted by Crippen LogP contribution is -2.10. The van der Waals surface area contributed by atoms with E-state index in [-0.39, 0.29) is 5.88 Å². The molecular weight excluding hydrogens is 137 g/mol. The fourth-order valence-electron chi connectivity index (χ4n) is 0.557. The molecule has 1 rings (SSSR count). The van der Waals surface area contributed by atoms with Gasteiger partial charge >= 0.3 is 0 Å². The van der Waals surface area contributed by atoms with Crippen molar-refractivity contribution in [3.05, 3.63) is 28.3 Å². The second-order valence-corrected chi connectivity index (χ2v) is 1.70. The molecule has 0 aliphatic carbocycles. The molecule has 0 bridgehead atoms. The first-order valence-corrected chi connectivity index (χ1v) is 2.67. The lowest BCUT2D eigenvalue weighted by atomic mass is 10.5. The van der Waals surface area contributed by atoms with E-state index in [1.807, 2.05) is 0 Å². The van der Waals surface area contributed by atoms with Crippen LogP contribution in [0.4, 0.5) is 4.39 Å². The maximum Gasteiger partial charge on any atom is 0.286 e. The highest BCUT2D eigenvalue weighted by Gasteiger charge is 1.96. The van der Waals surface area contributed by atoms with Gasteiger partial charge in [0.1, 0.15) is 0 Å². The highest BCUT2D eigenvalue weighted by atomic mass is 19.1. The quantitative estimate of drug-likeness (QED) is 0.622. The number of nitrogens with one attached hydrogen (secondary N) is 1. The summed E-state index contributed by atoms with van der Waals surface area (Å²) in [6, 6.07) is 2.40. The number of H-pyrrole nitrogens is 1. The largest absolute Gasteiger partial charge is 0.482 e. The van der Waals surface area contributed by atoms with Crippen LogP contribution in [-0.2, 0) is 0 Å². The third-order valence-corrected chi connectivity index (χ3v) is 1.05. The molecule has 3 nitrogen and oxygen atoms in total. The number of methoxy groups -OCH3 is 1. The summed E-state index contributed by atoms with van der Waals surface area (Å²) in [5.41, 5.74) is -0.764. The third kappa shape index (κ3) is 1.15. The molecule has 0 aliphatic rings. The Morgan fingerprint density at radius 2 is 2.30 bits per heavy atom. The van der Waals surface area contributed by atoms with Gasteiger partial charge in [-0.25, -0.2) is 4.39 Å². The van der Waals surface area contributed by atoms with Crippen LogP contribution in [0.5, 0.6) is 5.88 Å². The van der Waals surface area contributed by atoms with Crippen LogP contribution in [0.15, 0.2) is 16.9 Å². The second kappa shape index (κ2) is 2.51. The van der Waals surface area contributed by atoms with Gasteiger partial charge in [0.25, 0.3) is 5.56 Å². The zero-order chi connectivity index (χ0) is 7.56. The Morgan fingerprint density at radius 1 is 1.60 bits per heavy atom. The number of hydrogen-bond acceptors (Lipinski definition) is 2. The Balaban J connectivity index is 3.17. The van der Waals surface area contributed by atoms with E-state index in [2.05, 4.69) is 9.72 Å². The van der Waals surface area contributed by atoms with E-state index >= 15 is 0 Å². The maximum absolute atomic E-state index is 12.2. The SMILES string of the molecule is COc1ccc(F)c(=O)[nH]1. The molecule has 4 heteroatoms. The minimum atomic E-state index is -0.805. The normalized spacial score (nSPS) is 9.40. The molecule has 0 saturated carbocycles. The van der Waals surface area contributed by atoms with Gasteiger partial charge in [-0.3, -0.25) is 9.78 Å². The molecule has 0 radical (unpaired) electrons.